The number of amides is 1. The summed E-state index contributed by atoms with van der Waals surface area (Å²) in [6.07, 6.45) is 4.08. The van der Waals surface area contributed by atoms with E-state index < -0.39 is 16.4 Å². The number of likely N-dealkylation sites (N-methyl/N-ethyl adjacent to an activating group) is 1. The molecular weight excluding hydrogens is 278 g/mol. The van der Waals surface area contributed by atoms with Crippen LogP contribution in [0.25, 0.3) is 0 Å². The van der Waals surface area contributed by atoms with E-state index in [9.17, 15) is 13.2 Å². The van der Waals surface area contributed by atoms with Crippen molar-refractivity contribution in [3.63, 3.8) is 0 Å². The van der Waals surface area contributed by atoms with Gasteiger partial charge in [-0.05, 0) is 38.5 Å². The van der Waals surface area contributed by atoms with Crippen LogP contribution in [-0.2, 0) is 19.8 Å². The van der Waals surface area contributed by atoms with Gasteiger partial charge in [0.2, 0.25) is 10.3 Å². The summed E-state index contributed by atoms with van der Waals surface area (Å²) in [4.78, 5) is 14.2. The highest BCUT2D eigenvalue weighted by atomic mass is 32.2. The zero-order valence-corrected chi connectivity index (χ0v) is 12.5. The van der Waals surface area contributed by atoms with Gasteiger partial charge in [-0.3, -0.25) is 4.79 Å². The van der Waals surface area contributed by atoms with Crippen molar-refractivity contribution in [2.24, 2.45) is 0 Å². The summed E-state index contributed by atoms with van der Waals surface area (Å²) in [6.45, 7) is 6.74. The molecule has 1 heterocycles. The average molecular weight is 295 g/mol. The molecule has 2 aliphatic rings. The molecule has 20 heavy (non-hydrogen) atoms. The minimum atomic E-state index is -2.35. The van der Waals surface area contributed by atoms with Gasteiger partial charge in [0.05, 0.1) is 0 Å². The summed E-state index contributed by atoms with van der Waals surface area (Å²) in [5, 5.41) is 0. The number of hydrogen-bond acceptors (Lipinski definition) is 4. The van der Waals surface area contributed by atoms with Gasteiger partial charge in [-0.1, -0.05) is 6.08 Å². The second-order valence-electron chi connectivity index (χ2n) is 4.56. The molecule has 0 N–H and O–H groups in total. The van der Waals surface area contributed by atoms with Crippen molar-refractivity contribution >= 4 is 21.1 Å². The van der Waals surface area contributed by atoms with Gasteiger partial charge >= 0.3 is 0 Å². The lowest BCUT2D eigenvalue weighted by molar-refractivity contribution is -0.138. The molecule has 108 valence electrons. The van der Waals surface area contributed by atoms with Gasteiger partial charge in [0.15, 0.2) is 6.10 Å². The Morgan fingerprint density at radius 3 is 2.55 bits per heavy atom. The first-order chi connectivity index (χ1) is 9.51. The molecule has 1 atom stereocenters. The second-order valence-corrected chi connectivity index (χ2v) is 5.46. The van der Waals surface area contributed by atoms with Gasteiger partial charge in [-0.15, -0.1) is 0 Å². The quantitative estimate of drug-likeness (QED) is 0.731. The lowest BCUT2D eigenvalue weighted by atomic mass is 9.99. The molecule has 0 radical (unpaired) electrons. The number of hydrogen-bond donors (Lipinski definition) is 0. The van der Waals surface area contributed by atoms with Gasteiger partial charge in [0.1, 0.15) is 10.6 Å². The summed E-state index contributed by atoms with van der Waals surface area (Å²) in [5.41, 5.74) is 1.17. The third kappa shape index (κ3) is 2.31. The zero-order valence-electron chi connectivity index (χ0n) is 11.7. The highest BCUT2D eigenvalue weighted by Gasteiger charge is 2.37. The van der Waals surface area contributed by atoms with Crippen LogP contribution in [0.4, 0.5) is 0 Å². The Bertz CT molecular complexity index is 655. The van der Waals surface area contributed by atoms with E-state index in [1.54, 1.807) is 24.0 Å². The summed E-state index contributed by atoms with van der Waals surface area (Å²) in [7, 11) is -2.35. The molecule has 0 aromatic carbocycles. The molecule has 6 heteroatoms. The van der Waals surface area contributed by atoms with Crippen LogP contribution in [0.5, 0.6) is 0 Å². The fraction of sp³-hybridized carbons (Fsp3) is 0.429. The maximum atomic E-state index is 12.4. The maximum Gasteiger partial charge on any atom is 0.268 e. The smallest absolute Gasteiger partial charge is 0.268 e. The van der Waals surface area contributed by atoms with Gasteiger partial charge in [0.25, 0.3) is 5.91 Å². The Morgan fingerprint density at radius 2 is 2.00 bits per heavy atom. The first-order valence-electron chi connectivity index (χ1n) is 6.52. The normalized spacial score (nSPS) is 20.4. The number of nitrogens with zero attached hydrogens (tertiary/aromatic N) is 1. The molecule has 2 rings (SSSR count). The number of allylic oxidation sites excluding steroid dienone is 4. The van der Waals surface area contributed by atoms with Crippen LogP contribution in [0.2, 0.25) is 0 Å². The number of rotatable bonds is 3. The van der Waals surface area contributed by atoms with E-state index in [1.165, 1.54) is 6.08 Å². The molecule has 5 nitrogen and oxygen atoms in total. The first kappa shape index (κ1) is 14.6. The molecule has 0 saturated heterocycles. The Labute approximate surface area is 119 Å². The molecule has 0 fully saturated rings. The van der Waals surface area contributed by atoms with Crippen molar-refractivity contribution in [1.82, 2.24) is 4.90 Å². The lowest BCUT2D eigenvalue weighted by Crippen LogP contribution is -2.39. The highest BCUT2D eigenvalue weighted by molar-refractivity contribution is 7.73. The fourth-order valence-electron chi connectivity index (χ4n) is 2.42. The standard InChI is InChI=1S/C14H17NO4S/c1-4-15(5-2)14(16)13-9(3)12-10(19-13)7-6-8-11(12)20(17)18/h6-8,13H,4-5H2,1-3H3. The minimum absolute atomic E-state index is 0.133. The molecular formula is C14H17NO4S. The van der Waals surface area contributed by atoms with Crippen LogP contribution in [-0.4, -0.2) is 43.3 Å². The van der Waals surface area contributed by atoms with Crippen molar-refractivity contribution in [2.45, 2.75) is 26.9 Å². The van der Waals surface area contributed by atoms with Crippen LogP contribution in [0, 0.1) is 0 Å². The number of carbonyl (C=O) groups is 1. The maximum absolute atomic E-state index is 12.4. The highest BCUT2D eigenvalue weighted by Crippen LogP contribution is 2.34. The van der Waals surface area contributed by atoms with E-state index in [0.717, 1.165) is 0 Å². The van der Waals surface area contributed by atoms with Crippen molar-refractivity contribution in [2.75, 3.05) is 13.1 Å². The minimum Gasteiger partial charge on any atom is -0.475 e. The third-order valence-corrected chi connectivity index (χ3v) is 4.20. The molecule has 0 aromatic rings. The molecule has 0 saturated carbocycles. The van der Waals surface area contributed by atoms with E-state index in [2.05, 4.69) is 0 Å². The number of carbonyl (C=O) groups excluding carboxylic acids is 1. The Hall–Kier alpha value is -1.82. The van der Waals surface area contributed by atoms with Crippen molar-refractivity contribution in [3.8, 4) is 0 Å². The number of ether oxygens (including phenoxy) is 1. The third-order valence-electron chi connectivity index (χ3n) is 3.50. The molecule has 0 bridgehead atoms. The van der Waals surface area contributed by atoms with Gasteiger partial charge in [-0.2, -0.15) is 8.42 Å². The Kier molecular flexibility index (Phi) is 4.13. The average Bonchev–Trinajstić information content (AvgIpc) is 2.77. The molecule has 1 amide bonds. The summed E-state index contributed by atoms with van der Waals surface area (Å²) >= 11 is 0. The van der Waals surface area contributed by atoms with Gasteiger partial charge in [0, 0.05) is 18.7 Å². The van der Waals surface area contributed by atoms with Crippen LogP contribution in [0.3, 0.4) is 0 Å². The van der Waals surface area contributed by atoms with Crippen molar-refractivity contribution < 1.29 is 17.9 Å². The summed E-state index contributed by atoms with van der Waals surface area (Å²) < 4.78 is 28.2. The van der Waals surface area contributed by atoms with E-state index in [4.69, 9.17) is 4.74 Å². The van der Waals surface area contributed by atoms with Crippen molar-refractivity contribution in [3.05, 3.63) is 35.1 Å². The predicted octanol–water partition coefficient (Wildman–Crippen LogP) is 1.08. The van der Waals surface area contributed by atoms with E-state index in [-0.39, 0.29) is 10.8 Å². The van der Waals surface area contributed by atoms with E-state index in [1.807, 2.05) is 13.8 Å². The fourth-order valence-corrected chi connectivity index (χ4v) is 3.04. The van der Waals surface area contributed by atoms with Crippen LogP contribution in [0.1, 0.15) is 20.8 Å². The molecule has 1 unspecified atom stereocenters. The van der Waals surface area contributed by atoms with Crippen LogP contribution < -0.4 is 0 Å². The van der Waals surface area contributed by atoms with E-state index in [0.29, 0.717) is 30.0 Å². The van der Waals surface area contributed by atoms with Gasteiger partial charge < -0.3 is 9.64 Å². The molecule has 0 aromatic heterocycles. The summed E-state index contributed by atoms with van der Waals surface area (Å²) in [6, 6.07) is 0. The summed E-state index contributed by atoms with van der Waals surface area (Å²) in [5.74, 6) is 0.320. The molecule has 1 aliphatic heterocycles. The van der Waals surface area contributed by atoms with Crippen LogP contribution >= 0.6 is 0 Å². The Morgan fingerprint density at radius 1 is 1.35 bits per heavy atom. The largest absolute Gasteiger partial charge is 0.475 e. The SMILES string of the molecule is CCN(CC)C(=O)C1OC2=CC=CC(=S(=O)=O)C2=C1C. The van der Waals surface area contributed by atoms with E-state index >= 15 is 0 Å². The molecule has 1 aliphatic carbocycles. The first-order valence-corrected chi connectivity index (χ1v) is 7.60. The van der Waals surface area contributed by atoms with Gasteiger partial charge in [-0.25, -0.2) is 0 Å². The second kappa shape index (κ2) is 5.66. The molecule has 0 spiro atoms. The topological polar surface area (TPSA) is 63.7 Å². The monoisotopic (exact) mass is 295 g/mol. The van der Waals surface area contributed by atoms with Crippen molar-refractivity contribution in [1.29, 1.82) is 0 Å². The number of fused-ring (bicyclic) bond motifs is 1. The lowest BCUT2D eigenvalue weighted by Gasteiger charge is -2.23. The Balaban J connectivity index is 2.45. The zero-order chi connectivity index (χ0) is 14.9. The van der Waals surface area contributed by atoms with Crippen LogP contribution in [0.15, 0.2) is 35.1 Å². The predicted molar refractivity (Wildman–Crippen MR) is 76.7 cm³/mol.